The van der Waals surface area contributed by atoms with Crippen molar-refractivity contribution >= 4 is 5.91 Å². The Morgan fingerprint density at radius 2 is 2.04 bits per heavy atom. The average Bonchev–Trinajstić information content (AvgIpc) is 2.64. The molecule has 0 bridgehead atoms. The highest BCUT2D eigenvalue weighted by Gasteiger charge is 2.29. The van der Waals surface area contributed by atoms with E-state index in [4.69, 9.17) is 10.00 Å². The monoisotopic (exact) mass is 379 g/mol. The normalized spacial score (nSPS) is 12.0. The van der Waals surface area contributed by atoms with Crippen LogP contribution < -0.4 is 14.8 Å². The molecule has 0 aliphatic heterocycles. The Bertz CT molecular complexity index is 834. The number of carbonyl (C=O) groups is 1. The summed E-state index contributed by atoms with van der Waals surface area (Å²) in [6.45, 7) is -0.0727. The number of nitrogens with zero attached hydrogens (tertiary/aromatic N) is 2. The lowest BCUT2D eigenvalue weighted by atomic mass is 10.2. The van der Waals surface area contributed by atoms with E-state index < -0.39 is 24.8 Å². The number of carbonyl (C=O) groups excluding carboxylic acids is 1. The molecular formula is C18H16F3N3O3. The average molecular weight is 379 g/mol. The summed E-state index contributed by atoms with van der Waals surface area (Å²) in [6, 6.07) is 11.4. The summed E-state index contributed by atoms with van der Waals surface area (Å²) in [5.74, 6) is -0.454. The van der Waals surface area contributed by atoms with Gasteiger partial charge in [0, 0.05) is 18.3 Å². The lowest BCUT2D eigenvalue weighted by Gasteiger charge is -2.16. The molecule has 1 atom stereocenters. The van der Waals surface area contributed by atoms with Gasteiger partial charge in [-0.3, -0.25) is 4.79 Å². The molecule has 1 amide bonds. The van der Waals surface area contributed by atoms with Crippen LogP contribution in [0.15, 0.2) is 42.6 Å². The van der Waals surface area contributed by atoms with Gasteiger partial charge < -0.3 is 14.8 Å². The number of ether oxygens (including phenoxy) is 2. The highest BCUT2D eigenvalue weighted by molar-refractivity contribution is 5.80. The second-order valence-corrected chi connectivity index (χ2v) is 5.46. The molecule has 1 aromatic heterocycles. The maximum atomic E-state index is 12.3. The highest BCUT2D eigenvalue weighted by atomic mass is 19.4. The predicted octanol–water partition coefficient (Wildman–Crippen LogP) is 2.98. The standard InChI is InChI=1S/C18H16F3N3O3/c1-12(27-15-7-3-2-5-13(15)9-22)16(25)24-10-14-6-4-8-23-17(14)26-11-18(19,20)21/h2-8,12H,10-11H2,1H3,(H,24,25). The lowest BCUT2D eigenvalue weighted by Crippen LogP contribution is -2.36. The number of aromatic nitrogens is 1. The third-order valence-corrected chi connectivity index (χ3v) is 3.36. The zero-order valence-electron chi connectivity index (χ0n) is 14.3. The Morgan fingerprint density at radius 3 is 2.74 bits per heavy atom. The molecule has 27 heavy (non-hydrogen) atoms. The summed E-state index contributed by atoms with van der Waals surface area (Å²) in [7, 11) is 0. The van der Waals surface area contributed by atoms with Crippen molar-refractivity contribution in [2.45, 2.75) is 25.7 Å². The van der Waals surface area contributed by atoms with Gasteiger partial charge in [0.15, 0.2) is 12.7 Å². The van der Waals surface area contributed by atoms with Crippen LogP contribution in [-0.4, -0.2) is 29.8 Å². The van der Waals surface area contributed by atoms with Crippen molar-refractivity contribution in [1.82, 2.24) is 10.3 Å². The van der Waals surface area contributed by atoms with E-state index in [-0.39, 0.29) is 23.7 Å². The molecule has 1 N–H and O–H groups in total. The first-order valence-electron chi connectivity index (χ1n) is 7.87. The van der Waals surface area contributed by atoms with E-state index in [1.54, 1.807) is 24.3 Å². The smallest absolute Gasteiger partial charge is 0.422 e. The molecule has 0 spiro atoms. The molecule has 1 unspecified atom stereocenters. The van der Waals surface area contributed by atoms with Crippen molar-refractivity contribution in [1.29, 1.82) is 5.26 Å². The van der Waals surface area contributed by atoms with Crippen molar-refractivity contribution in [2.75, 3.05) is 6.61 Å². The van der Waals surface area contributed by atoms with Crippen LogP contribution in [0.3, 0.4) is 0 Å². The van der Waals surface area contributed by atoms with Gasteiger partial charge in [-0.2, -0.15) is 18.4 Å². The number of hydrogen-bond donors (Lipinski definition) is 1. The highest BCUT2D eigenvalue weighted by Crippen LogP contribution is 2.20. The van der Waals surface area contributed by atoms with E-state index in [1.807, 2.05) is 6.07 Å². The van der Waals surface area contributed by atoms with Crippen molar-refractivity contribution < 1.29 is 27.4 Å². The minimum atomic E-state index is -4.49. The Balaban J connectivity index is 1.96. The number of rotatable bonds is 7. The van der Waals surface area contributed by atoms with Gasteiger partial charge in [-0.05, 0) is 25.1 Å². The molecule has 0 aliphatic carbocycles. The van der Waals surface area contributed by atoms with Crippen LogP contribution in [0, 0.1) is 11.3 Å². The number of para-hydroxylation sites is 1. The second kappa shape index (κ2) is 8.89. The first-order chi connectivity index (χ1) is 12.8. The topological polar surface area (TPSA) is 84.2 Å². The first-order valence-corrected chi connectivity index (χ1v) is 7.87. The largest absolute Gasteiger partial charge is 0.480 e. The Morgan fingerprint density at radius 1 is 1.30 bits per heavy atom. The minimum absolute atomic E-state index is 0.0898. The molecule has 0 aliphatic rings. The fourth-order valence-electron chi connectivity index (χ4n) is 2.07. The Labute approximate surface area is 153 Å². The Kier molecular flexibility index (Phi) is 6.60. The number of nitriles is 1. The van der Waals surface area contributed by atoms with Crippen LogP contribution in [0.25, 0.3) is 0 Å². The van der Waals surface area contributed by atoms with Crippen LogP contribution in [0.1, 0.15) is 18.1 Å². The van der Waals surface area contributed by atoms with Gasteiger partial charge in [0.1, 0.15) is 11.8 Å². The van der Waals surface area contributed by atoms with E-state index in [2.05, 4.69) is 15.0 Å². The molecule has 2 aromatic rings. The third-order valence-electron chi connectivity index (χ3n) is 3.36. The van der Waals surface area contributed by atoms with Gasteiger partial charge in [-0.25, -0.2) is 4.98 Å². The summed E-state index contributed by atoms with van der Waals surface area (Å²) in [5.41, 5.74) is 0.576. The lowest BCUT2D eigenvalue weighted by molar-refractivity contribution is -0.154. The molecule has 2 rings (SSSR count). The molecule has 0 saturated heterocycles. The van der Waals surface area contributed by atoms with Gasteiger partial charge in [0.05, 0.1) is 5.56 Å². The van der Waals surface area contributed by atoms with Crippen molar-refractivity contribution in [2.24, 2.45) is 0 Å². The fourth-order valence-corrected chi connectivity index (χ4v) is 2.07. The maximum Gasteiger partial charge on any atom is 0.422 e. The summed E-state index contributed by atoms with van der Waals surface area (Å²) >= 11 is 0. The second-order valence-electron chi connectivity index (χ2n) is 5.46. The van der Waals surface area contributed by atoms with Gasteiger partial charge in [0.25, 0.3) is 5.91 Å². The number of nitrogens with one attached hydrogen (secondary N) is 1. The van der Waals surface area contributed by atoms with Gasteiger partial charge in [-0.1, -0.05) is 18.2 Å². The fraction of sp³-hybridized carbons (Fsp3) is 0.278. The number of hydrogen-bond acceptors (Lipinski definition) is 5. The van der Waals surface area contributed by atoms with E-state index in [0.29, 0.717) is 5.56 Å². The van der Waals surface area contributed by atoms with Crippen molar-refractivity contribution in [3.8, 4) is 17.7 Å². The number of benzene rings is 1. The molecule has 9 heteroatoms. The Hall–Kier alpha value is -3.28. The van der Waals surface area contributed by atoms with Crippen LogP contribution in [0.5, 0.6) is 11.6 Å². The van der Waals surface area contributed by atoms with E-state index in [9.17, 15) is 18.0 Å². The predicted molar refractivity (Wildman–Crippen MR) is 88.9 cm³/mol. The van der Waals surface area contributed by atoms with E-state index in [0.717, 1.165) is 0 Å². The molecule has 1 heterocycles. The zero-order chi connectivity index (χ0) is 19.9. The quantitative estimate of drug-likeness (QED) is 0.800. The van der Waals surface area contributed by atoms with E-state index in [1.165, 1.54) is 25.3 Å². The molecule has 6 nitrogen and oxygen atoms in total. The van der Waals surface area contributed by atoms with Crippen molar-refractivity contribution in [3.05, 3.63) is 53.7 Å². The molecule has 0 radical (unpaired) electrons. The minimum Gasteiger partial charge on any atom is -0.480 e. The molecule has 0 saturated carbocycles. The van der Waals surface area contributed by atoms with Gasteiger partial charge >= 0.3 is 6.18 Å². The number of halogens is 3. The SMILES string of the molecule is CC(Oc1ccccc1C#N)C(=O)NCc1cccnc1OCC(F)(F)F. The molecule has 1 aromatic carbocycles. The number of amides is 1. The molecular weight excluding hydrogens is 363 g/mol. The molecule has 142 valence electrons. The van der Waals surface area contributed by atoms with Gasteiger partial charge in [0.2, 0.25) is 5.88 Å². The molecule has 0 fully saturated rings. The summed E-state index contributed by atoms with van der Waals surface area (Å²) in [5, 5.41) is 11.6. The first kappa shape index (κ1) is 20.0. The van der Waals surface area contributed by atoms with Crippen molar-refractivity contribution in [3.63, 3.8) is 0 Å². The summed E-state index contributed by atoms with van der Waals surface area (Å²) in [6.07, 6.45) is -4.12. The van der Waals surface area contributed by atoms with Crippen LogP contribution in [-0.2, 0) is 11.3 Å². The number of alkyl halides is 3. The van der Waals surface area contributed by atoms with Crippen LogP contribution in [0.2, 0.25) is 0 Å². The van der Waals surface area contributed by atoms with Gasteiger partial charge in [-0.15, -0.1) is 0 Å². The van der Waals surface area contributed by atoms with Crippen LogP contribution >= 0.6 is 0 Å². The zero-order valence-corrected chi connectivity index (χ0v) is 14.3. The third kappa shape index (κ3) is 6.18. The maximum absolute atomic E-state index is 12.3. The summed E-state index contributed by atoms with van der Waals surface area (Å²) < 4.78 is 47.0. The van der Waals surface area contributed by atoms with Crippen LogP contribution in [0.4, 0.5) is 13.2 Å². The summed E-state index contributed by atoms with van der Waals surface area (Å²) in [4.78, 5) is 15.9. The van der Waals surface area contributed by atoms with E-state index >= 15 is 0 Å². The number of pyridine rings is 1.